The van der Waals surface area contributed by atoms with Crippen molar-refractivity contribution in [3.8, 4) is 0 Å². The molecule has 0 aliphatic carbocycles. The Morgan fingerprint density at radius 2 is 2.43 bits per heavy atom. The molecule has 44 valence electrons. The number of ether oxygens (including phenoxy) is 1. The van der Waals surface area contributed by atoms with Crippen molar-refractivity contribution in [2.45, 2.75) is 0 Å². The fraction of sp³-hybridized carbons (Fsp3) is 1.00. The summed E-state index contributed by atoms with van der Waals surface area (Å²) in [5, 5.41) is 0. The topological polar surface area (TPSA) is 46.5 Å². The van der Waals surface area contributed by atoms with Gasteiger partial charge in [0.05, 0.1) is 12.4 Å². The van der Waals surface area contributed by atoms with Gasteiger partial charge in [-0.15, -0.1) is 0 Å². The van der Waals surface area contributed by atoms with Gasteiger partial charge in [0, 0.05) is 7.11 Å². The van der Waals surface area contributed by atoms with E-state index in [0.29, 0.717) is 6.61 Å². The number of rotatable bonds is 3. The molecule has 0 spiro atoms. The Morgan fingerprint density at radius 1 is 1.86 bits per heavy atom. The molecule has 0 aliphatic rings. The Kier molecular flexibility index (Phi) is 4.28. The van der Waals surface area contributed by atoms with Crippen LogP contribution in [0.3, 0.4) is 0 Å². The zero-order valence-electron chi connectivity index (χ0n) is 4.09. The van der Waals surface area contributed by atoms with E-state index in [2.05, 4.69) is 4.74 Å². The summed E-state index contributed by atoms with van der Waals surface area (Å²) in [5.74, 6) is 0.205. The largest absolute Gasteiger partial charge is 0.384 e. The minimum absolute atomic E-state index is 0.205. The highest BCUT2D eigenvalue weighted by molar-refractivity contribution is 7.79. The summed E-state index contributed by atoms with van der Waals surface area (Å²) < 4.78 is 22.4. The zero-order chi connectivity index (χ0) is 5.70. The Hall–Kier alpha value is 0.0700. The Labute approximate surface area is 45.0 Å². The molecule has 3 nitrogen and oxygen atoms in total. The summed E-state index contributed by atoms with van der Waals surface area (Å²) in [6.45, 7) is 0.350. The fourth-order valence-corrected chi connectivity index (χ4v) is 0.464. The van der Waals surface area contributed by atoms with Gasteiger partial charge >= 0.3 is 0 Å². The van der Waals surface area contributed by atoms with Crippen LogP contribution in [0.25, 0.3) is 0 Å². The van der Waals surface area contributed by atoms with Crippen LogP contribution < -0.4 is 0 Å². The highest BCUT2D eigenvalue weighted by Crippen LogP contribution is 1.72. The molecule has 0 saturated heterocycles. The van der Waals surface area contributed by atoms with Gasteiger partial charge in [-0.25, -0.2) is 4.21 Å². The summed E-state index contributed by atoms with van der Waals surface area (Å²) >= 11 is -1.69. The third-order valence-electron chi connectivity index (χ3n) is 0.462. The van der Waals surface area contributed by atoms with Crippen LogP contribution in [0.2, 0.25) is 0 Å². The molecular formula is C3H8O3S. The van der Waals surface area contributed by atoms with Gasteiger partial charge in [0.1, 0.15) is 0 Å². The van der Waals surface area contributed by atoms with Crippen molar-refractivity contribution in [3.05, 3.63) is 0 Å². The minimum Gasteiger partial charge on any atom is -0.384 e. The van der Waals surface area contributed by atoms with E-state index in [1.54, 1.807) is 0 Å². The van der Waals surface area contributed by atoms with E-state index in [9.17, 15) is 4.21 Å². The minimum atomic E-state index is -1.69. The van der Waals surface area contributed by atoms with Gasteiger partial charge in [-0.1, -0.05) is 0 Å². The average Bonchev–Trinajstić information content (AvgIpc) is 1.61. The third kappa shape index (κ3) is 6.07. The Morgan fingerprint density at radius 3 is 2.57 bits per heavy atom. The van der Waals surface area contributed by atoms with Gasteiger partial charge in [0.2, 0.25) is 0 Å². The smallest absolute Gasteiger partial charge is 0.155 e. The summed E-state index contributed by atoms with van der Waals surface area (Å²) in [6.07, 6.45) is 0. The van der Waals surface area contributed by atoms with E-state index in [1.165, 1.54) is 7.11 Å². The molecule has 7 heavy (non-hydrogen) atoms. The molecule has 0 fully saturated rings. The zero-order valence-corrected chi connectivity index (χ0v) is 4.90. The summed E-state index contributed by atoms with van der Waals surface area (Å²) in [5.41, 5.74) is 0. The Balaban J connectivity index is 2.82. The van der Waals surface area contributed by atoms with Crippen LogP contribution in [0.5, 0.6) is 0 Å². The van der Waals surface area contributed by atoms with Gasteiger partial charge in [0.15, 0.2) is 11.1 Å². The fourth-order valence-electron chi connectivity index (χ4n) is 0.155. The second-order valence-electron chi connectivity index (χ2n) is 1.02. The normalized spacial score (nSPS) is 14.0. The molecule has 0 bridgehead atoms. The van der Waals surface area contributed by atoms with Gasteiger partial charge in [-0.05, 0) is 0 Å². The molecule has 1 atom stereocenters. The van der Waals surface area contributed by atoms with E-state index in [1.807, 2.05) is 0 Å². The first-order chi connectivity index (χ1) is 3.27. The van der Waals surface area contributed by atoms with Crippen molar-refractivity contribution in [1.29, 1.82) is 0 Å². The molecule has 0 saturated carbocycles. The lowest BCUT2D eigenvalue weighted by Gasteiger charge is -1.89. The molecule has 0 heterocycles. The first-order valence-corrected chi connectivity index (χ1v) is 3.11. The predicted octanol–water partition coefficient (Wildman–Crippen LogP) is -0.146. The maximum atomic E-state index is 9.79. The van der Waals surface area contributed by atoms with Crippen molar-refractivity contribution in [2.24, 2.45) is 0 Å². The lowest BCUT2D eigenvalue weighted by atomic mass is 10.9. The van der Waals surface area contributed by atoms with Crippen LogP contribution in [0.4, 0.5) is 0 Å². The Bertz CT molecular complexity index is 63.2. The first kappa shape index (κ1) is 7.07. The lowest BCUT2D eigenvalue weighted by molar-refractivity contribution is 0.216. The molecule has 0 rings (SSSR count). The summed E-state index contributed by atoms with van der Waals surface area (Å²) in [4.78, 5) is 0. The van der Waals surface area contributed by atoms with Crippen LogP contribution in [-0.2, 0) is 15.8 Å². The average molecular weight is 124 g/mol. The number of hydrogen-bond donors (Lipinski definition) is 1. The van der Waals surface area contributed by atoms with Crippen LogP contribution in [0, 0.1) is 0 Å². The van der Waals surface area contributed by atoms with Gasteiger partial charge in [-0.2, -0.15) is 0 Å². The van der Waals surface area contributed by atoms with Crippen molar-refractivity contribution >= 4 is 11.1 Å². The molecule has 1 N–H and O–H groups in total. The molecular weight excluding hydrogens is 116 g/mol. The van der Waals surface area contributed by atoms with Crippen LogP contribution in [0.1, 0.15) is 0 Å². The predicted molar refractivity (Wildman–Crippen MR) is 27.5 cm³/mol. The second-order valence-corrected chi connectivity index (χ2v) is 2.07. The van der Waals surface area contributed by atoms with Crippen LogP contribution >= 0.6 is 0 Å². The highest BCUT2D eigenvalue weighted by Gasteiger charge is 1.87. The molecule has 0 aliphatic heterocycles. The SMILES string of the molecule is COCCS(=O)O. The van der Waals surface area contributed by atoms with E-state index in [0.717, 1.165) is 0 Å². The van der Waals surface area contributed by atoms with Crippen molar-refractivity contribution in [1.82, 2.24) is 0 Å². The molecule has 0 aromatic carbocycles. The van der Waals surface area contributed by atoms with E-state index < -0.39 is 11.1 Å². The maximum Gasteiger partial charge on any atom is 0.155 e. The van der Waals surface area contributed by atoms with Gasteiger partial charge in [-0.3, -0.25) is 0 Å². The monoisotopic (exact) mass is 124 g/mol. The molecule has 4 heteroatoms. The van der Waals surface area contributed by atoms with Crippen molar-refractivity contribution < 1.29 is 13.5 Å². The maximum absolute atomic E-state index is 9.79. The quantitative estimate of drug-likeness (QED) is 0.532. The number of hydrogen-bond acceptors (Lipinski definition) is 2. The highest BCUT2D eigenvalue weighted by atomic mass is 32.2. The molecule has 0 radical (unpaired) electrons. The molecule has 0 amide bonds. The molecule has 1 unspecified atom stereocenters. The standard InChI is InChI=1S/C3H8O3S/c1-6-2-3-7(4)5/h2-3H2,1H3,(H,4,5). The number of methoxy groups -OCH3 is 1. The third-order valence-corrected chi connectivity index (χ3v) is 0.978. The van der Waals surface area contributed by atoms with Crippen LogP contribution in [-0.4, -0.2) is 28.2 Å². The van der Waals surface area contributed by atoms with E-state index in [4.69, 9.17) is 4.55 Å². The molecule has 0 aromatic heterocycles. The first-order valence-electron chi connectivity index (χ1n) is 1.83. The van der Waals surface area contributed by atoms with Crippen molar-refractivity contribution in [2.75, 3.05) is 19.5 Å². The second kappa shape index (κ2) is 4.23. The lowest BCUT2D eigenvalue weighted by Crippen LogP contribution is -2.01. The van der Waals surface area contributed by atoms with E-state index >= 15 is 0 Å². The molecule has 0 aromatic rings. The van der Waals surface area contributed by atoms with Gasteiger partial charge < -0.3 is 9.29 Å². The van der Waals surface area contributed by atoms with Gasteiger partial charge in [0.25, 0.3) is 0 Å². The van der Waals surface area contributed by atoms with Crippen LogP contribution in [0.15, 0.2) is 0 Å². The van der Waals surface area contributed by atoms with E-state index in [-0.39, 0.29) is 5.75 Å². The summed E-state index contributed by atoms with van der Waals surface area (Å²) in [7, 11) is 1.49. The summed E-state index contributed by atoms with van der Waals surface area (Å²) in [6, 6.07) is 0. The van der Waals surface area contributed by atoms with Crippen molar-refractivity contribution in [3.63, 3.8) is 0 Å².